The Morgan fingerprint density at radius 1 is 1.10 bits per heavy atom. The number of ether oxygens (including phenoxy) is 1. The fourth-order valence-electron chi connectivity index (χ4n) is 3.43. The molecule has 0 amide bonds. The molecule has 0 aliphatic heterocycles. The van der Waals surface area contributed by atoms with Crippen LogP contribution >= 0.6 is 11.6 Å². The SMILES string of the molecule is C[C@@H](NCc1cc2ccc(Cl)cc2n(CCOc2ccccc2)c1=O)c1ccco1. The van der Waals surface area contributed by atoms with Crippen molar-refractivity contribution in [1.82, 2.24) is 9.88 Å². The van der Waals surface area contributed by atoms with Gasteiger partial charge in [-0.25, -0.2) is 0 Å². The first-order chi connectivity index (χ1) is 14.6. The number of pyridine rings is 1. The molecule has 30 heavy (non-hydrogen) atoms. The van der Waals surface area contributed by atoms with Crippen molar-refractivity contribution in [3.8, 4) is 5.75 Å². The molecule has 6 heteroatoms. The minimum absolute atomic E-state index is 0.00446. The van der Waals surface area contributed by atoms with E-state index in [9.17, 15) is 4.79 Å². The Bertz CT molecular complexity index is 1170. The van der Waals surface area contributed by atoms with Crippen LogP contribution in [-0.4, -0.2) is 11.2 Å². The van der Waals surface area contributed by atoms with E-state index in [-0.39, 0.29) is 11.6 Å². The highest BCUT2D eigenvalue weighted by atomic mass is 35.5. The van der Waals surface area contributed by atoms with E-state index in [0.29, 0.717) is 30.3 Å². The summed E-state index contributed by atoms with van der Waals surface area (Å²) < 4.78 is 13.0. The van der Waals surface area contributed by atoms with Gasteiger partial charge in [0, 0.05) is 17.1 Å². The molecule has 2 aromatic carbocycles. The number of fused-ring (bicyclic) bond motifs is 1. The highest BCUT2D eigenvalue weighted by molar-refractivity contribution is 6.31. The summed E-state index contributed by atoms with van der Waals surface area (Å²) >= 11 is 6.20. The number of para-hydroxylation sites is 1. The lowest BCUT2D eigenvalue weighted by atomic mass is 10.1. The summed E-state index contributed by atoms with van der Waals surface area (Å²) in [4.78, 5) is 13.2. The maximum Gasteiger partial charge on any atom is 0.255 e. The van der Waals surface area contributed by atoms with Crippen molar-refractivity contribution >= 4 is 22.5 Å². The molecule has 154 valence electrons. The molecule has 0 radical (unpaired) electrons. The zero-order valence-corrected chi connectivity index (χ0v) is 17.4. The van der Waals surface area contributed by atoms with Crippen LogP contribution in [0.4, 0.5) is 0 Å². The van der Waals surface area contributed by atoms with E-state index in [2.05, 4.69) is 5.32 Å². The molecule has 1 atom stereocenters. The van der Waals surface area contributed by atoms with E-state index in [1.807, 2.05) is 73.7 Å². The molecule has 2 heterocycles. The molecule has 0 aliphatic carbocycles. The van der Waals surface area contributed by atoms with Gasteiger partial charge in [0.05, 0.1) is 24.4 Å². The number of rotatable bonds is 8. The minimum atomic E-state index is -0.0550. The normalized spacial score (nSPS) is 12.2. The topological polar surface area (TPSA) is 56.4 Å². The first-order valence-corrected chi connectivity index (χ1v) is 10.3. The zero-order chi connectivity index (χ0) is 20.9. The van der Waals surface area contributed by atoms with Gasteiger partial charge < -0.3 is 19.0 Å². The Balaban J connectivity index is 1.59. The number of halogens is 1. The van der Waals surface area contributed by atoms with E-state index < -0.39 is 0 Å². The van der Waals surface area contributed by atoms with Crippen LogP contribution in [0.2, 0.25) is 5.02 Å². The highest BCUT2D eigenvalue weighted by Gasteiger charge is 2.13. The number of hydrogen-bond acceptors (Lipinski definition) is 4. The summed E-state index contributed by atoms with van der Waals surface area (Å²) in [7, 11) is 0. The van der Waals surface area contributed by atoms with Crippen molar-refractivity contribution in [2.24, 2.45) is 0 Å². The quantitative estimate of drug-likeness (QED) is 0.425. The predicted octanol–water partition coefficient (Wildman–Crippen LogP) is 5.18. The number of hydrogen-bond donors (Lipinski definition) is 1. The average molecular weight is 423 g/mol. The third-order valence-corrected chi connectivity index (χ3v) is 5.26. The summed E-state index contributed by atoms with van der Waals surface area (Å²) in [6.07, 6.45) is 1.65. The van der Waals surface area contributed by atoms with Gasteiger partial charge in [0.2, 0.25) is 0 Å². The zero-order valence-electron chi connectivity index (χ0n) is 16.7. The van der Waals surface area contributed by atoms with Crippen molar-refractivity contribution in [1.29, 1.82) is 0 Å². The number of aromatic nitrogens is 1. The number of nitrogens with zero attached hydrogens (tertiary/aromatic N) is 1. The van der Waals surface area contributed by atoms with Crippen LogP contribution in [0, 0.1) is 0 Å². The van der Waals surface area contributed by atoms with E-state index in [1.54, 1.807) is 10.8 Å². The van der Waals surface area contributed by atoms with Crippen LogP contribution in [0.1, 0.15) is 24.3 Å². The molecule has 5 nitrogen and oxygen atoms in total. The van der Waals surface area contributed by atoms with Crippen LogP contribution < -0.4 is 15.6 Å². The fraction of sp³-hybridized carbons (Fsp3) is 0.208. The standard InChI is InChI=1S/C24H23ClN2O3/c1-17(23-8-5-12-30-23)26-16-19-14-18-9-10-20(25)15-22(18)27(24(19)28)11-13-29-21-6-3-2-4-7-21/h2-10,12,14-15,17,26H,11,13,16H2,1H3/t17-/m1/s1. The number of benzene rings is 2. The van der Waals surface area contributed by atoms with Crippen LogP contribution in [0.5, 0.6) is 5.75 Å². The van der Waals surface area contributed by atoms with Crippen LogP contribution in [0.15, 0.2) is 82.2 Å². The summed E-state index contributed by atoms with van der Waals surface area (Å²) in [5, 5.41) is 4.92. The third-order valence-electron chi connectivity index (χ3n) is 5.03. The van der Waals surface area contributed by atoms with Gasteiger partial charge in [-0.3, -0.25) is 4.79 Å². The maximum atomic E-state index is 13.2. The van der Waals surface area contributed by atoms with Crippen molar-refractivity contribution in [2.45, 2.75) is 26.1 Å². The highest BCUT2D eigenvalue weighted by Crippen LogP contribution is 2.20. The van der Waals surface area contributed by atoms with Gasteiger partial charge in [0.25, 0.3) is 5.56 Å². The van der Waals surface area contributed by atoms with E-state index in [1.165, 1.54) is 0 Å². The summed E-state index contributed by atoms with van der Waals surface area (Å²) in [5.41, 5.74) is 1.43. The van der Waals surface area contributed by atoms with Crippen molar-refractivity contribution in [3.05, 3.63) is 99.7 Å². The maximum absolute atomic E-state index is 13.2. The second-order valence-corrected chi connectivity index (χ2v) is 7.55. The summed E-state index contributed by atoms with van der Waals surface area (Å²) in [6.45, 7) is 3.24. The van der Waals surface area contributed by atoms with Crippen LogP contribution in [-0.2, 0) is 13.1 Å². The fourth-order valence-corrected chi connectivity index (χ4v) is 3.59. The second-order valence-electron chi connectivity index (χ2n) is 7.11. The van der Waals surface area contributed by atoms with E-state index in [0.717, 1.165) is 22.4 Å². The molecule has 0 fully saturated rings. The molecule has 0 bridgehead atoms. The molecule has 0 unspecified atom stereocenters. The Morgan fingerprint density at radius 3 is 2.70 bits per heavy atom. The summed E-state index contributed by atoms with van der Waals surface area (Å²) in [6, 6.07) is 20.9. The van der Waals surface area contributed by atoms with E-state index in [4.69, 9.17) is 20.8 Å². The van der Waals surface area contributed by atoms with Gasteiger partial charge in [-0.05, 0) is 54.8 Å². The molecule has 4 rings (SSSR count). The molecule has 0 saturated carbocycles. The smallest absolute Gasteiger partial charge is 0.255 e. The average Bonchev–Trinajstić information content (AvgIpc) is 3.30. The summed E-state index contributed by atoms with van der Waals surface area (Å²) in [5.74, 6) is 1.61. The Hall–Kier alpha value is -3.02. The van der Waals surface area contributed by atoms with Gasteiger partial charge >= 0.3 is 0 Å². The Labute approximate surface area is 179 Å². The molecule has 0 saturated heterocycles. The van der Waals surface area contributed by atoms with Gasteiger partial charge in [0.15, 0.2) is 0 Å². The van der Waals surface area contributed by atoms with Crippen molar-refractivity contribution in [2.75, 3.05) is 6.61 Å². The van der Waals surface area contributed by atoms with Gasteiger partial charge in [-0.2, -0.15) is 0 Å². The van der Waals surface area contributed by atoms with Crippen molar-refractivity contribution < 1.29 is 9.15 Å². The van der Waals surface area contributed by atoms with Crippen molar-refractivity contribution in [3.63, 3.8) is 0 Å². The third kappa shape index (κ3) is 4.58. The van der Waals surface area contributed by atoms with Crippen LogP contribution in [0.3, 0.4) is 0 Å². The molecule has 1 N–H and O–H groups in total. The monoisotopic (exact) mass is 422 g/mol. The van der Waals surface area contributed by atoms with Gasteiger partial charge in [0.1, 0.15) is 18.1 Å². The Kier molecular flexibility index (Phi) is 6.21. The lowest BCUT2D eigenvalue weighted by Crippen LogP contribution is -2.30. The first-order valence-electron chi connectivity index (χ1n) is 9.88. The van der Waals surface area contributed by atoms with Gasteiger partial charge in [-0.15, -0.1) is 0 Å². The lowest BCUT2D eigenvalue weighted by Gasteiger charge is -2.16. The lowest BCUT2D eigenvalue weighted by molar-refractivity contribution is 0.298. The van der Waals surface area contributed by atoms with E-state index >= 15 is 0 Å². The van der Waals surface area contributed by atoms with Crippen LogP contribution in [0.25, 0.3) is 10.9 Å². The van der Waals surface area contributed by atoms with Gasteiger partial charge in [-0.1, -0.05) is 35.9 Å². The second kappa shape index (κ2) is 9.20. The first kappa shape index (κ1) is 20.3. The molecule has 4 aromatic rings. The molecule has 2 aromatic heterocycles. The predicted molar refractivity (Wildman–Crippen MR) is 119 cm³/mol. The number of nitrogens with one attached hydrogen (secondary N) is 1. The molecule has 0 spiro atoms. The molecular formula is C24H23ClN2O3. The number of furan rings is 1. The largest absolute Gasteiger partial charge is 0.492 e. The minimum Gasteiger partial charge on any atom is -0.492 e. The molecular weight excluding hydrogens is 400 g/mol. The Morgan fingerprint density at radius 2 is 1.93 bits per heavy atom. The molecule has 0 aliphatic rings.